The highest BCUT2D eigenvalue weighted by molar-refractivity contribution is 7.80. The molecule has 1 amide bonds. The molecule has 3 aromatic carbocycles. The van der Waals surface area contributed by atoms with E-state index in [1.54, 1.807) is 96.1 Å². The normalized spacial score (nSPS) is 13.2. The molecular weight excluding hydrogens is 544 g/mol. The summed E-state index contributed by atoms with van der Waals surface area (Å²) in [6.45, 7) is 10.6. The molecule has 0 aliphatic heterocycles. The SMILES string of the molecule is Cc1c(C(=O)Nc2ccc(-c3ccc(N(C(C(=O)OC(C)(C)C)C(C)C)S(=O)O)cc3)cc2)oc2cccc(O)c12. The summed E-state index contributed by atoms with van der Waals surface area (Å²) in [4.78, 5) is 25.8. The summed E-state index contributed by atoms with van der Waals surface area (Å²) in [5, 5.41) is 13.4. The first kappa shape index (κ1) is 29.8. The molecule has 0 aliphatic carbocycles. The van der Waals surface area contributed by atoms with Gasteiger partial charge in [0.05, 0.1) is 11.1 Å². The quantitative estimate of drug-likeness (QED) is 0.157. The van der Waals surface area contributed by atoms with Crippen molar-refractivity contribution in [2.45, 2.75) is 53.2 Å². The Balaban J connectivity index is 1.52. The number of esters is 1. The summed E-state index contributed by atoms with van der Waals surface area (Å²) >= 11 is -2.47. The van der Waals surface area contributed by atoms with Crippen LogP contribution in [0.15, 0.2) is 71.1 Å². The van der Waals surface area contributed by atoms with Crippen molar-refractivity contribution in [2.75, 3.05) is 9.62 Å². The van der Waals surface area contributed by atoms with Gasteiger partial charge in [-0.2, -0.15) is 0 Å². The highest BCUT2D eigenvalue weighted by Crippen LogP contribution is 2.33. The van der Waals surface area contributed by atoms with Crippen LogP contribution >= 0.6 is 0 Å². The maximum atomic E-state index is 12.9. The number of nitrogens with zero attached hydrogens (tertiary/aromatic N) is 1. The van der Waals surface area contributed by atoms with E-state index in [9.17, 15) is 23.5 Å². The van der Waals surface area contributed by atoms with Gasteiger partial charge >= 0.3 is 5.97 Å². The van der Waals surface area contributed by atoms with Crippen LogP contribution in [0.1, 0.15) is 50.7 Å². The third kappa shape index (κ3) is 6.61. The number of phenolic OH excluding ortho intramolecular Hbond substituents is 1. The monoisotopic (exact) mass is 578 g/mol. The number of furan rings is 1. The molecule has 0 saturated carbocycles. The van der Waals surface area contributed by atoms with Crippen LogP contribution in [0.4, 0.5) is 11.4 Å². The first-order chi connectivity index (χ1) is 19.3. The number of carbonyl (C=O) groups is 2. The fourth-order valence-electron chi connectivity index (χ4n) is 4.58. The standard InChI is InChI=1S/C31H34N2O7S/c1-18(2)27(30(36)40-31(4,5)6)33(41(37)38)23-16-12-21(13-17-23)20-10-14-22(15-11-20)32-29(35)28-19(3)26-24(34)8-7-9-25(26)39-28/h7-18,27,34H,1-6H3,(H,32,35)(H,37,38). The second-order valence-corrected chi connectivity index (χ2v) is 11.9. The molecule has 4 rings (SSSR count). The molecule has 1 aromatic heterocycles. The number of hydrogen-bond acceptors (Lipinski definition) is 6. The first-order valence-corrected chi connectivity index (χ1v) is 14.2. The van der Waals surface area contributed by atoms with Crippen molar-refractivity contribution < 1.29 is 32.6 Å². The van der Waals surface area contributed by atoms with Gasteiger partial charge in [-0.15, -0.1) is 0 Å². The number of aryl methyl sites for hydroxylation is 1. The summed E-state index contributed by atoms with van der Waals surface area (Å²) in [5.74, 6) is -1.13. The average Bonchev–Trinajstić information content (AvgIpc) is 3.24. The Morgan fingerprint density at radius 2 is 1.56 bits per heavy atom. The minimum atomic E-state index is -2.47. The Kier molecular flexibility index (Phi) is 8.55. The van der Waals surface area contributed by atoms with Gasteiger partial charge in [0, 0.05) is 11.3 Å². The van der Waals surface area contributed by atoms with Gasteiger partial charge in [0.2, 0.25) is 0 Å². The van der Waals surface area contributed by atoms with E-state index >= 15 is 0 Å². The summed E-state index contributed by atoms with van der Waals surface area (Å²) in [5.41, 5.74) is 2.88. The highest BCUT2D eigenvalue weighted by atomic mass is 32.2. The summed E-state index contributed by atoms with van der Waals surface area (Å²) in [6.07, 6.45) is 0. The molecule has 0 fully saturated rings. The zero-order chi connectivity index (χ0) is 30.1. The minimum Gasteiger partial charge on any atom is -0.507 e. The van der Waals surface area contributed by atoms with E-state index in [4.69, 9.17) is 9.15 Å². The summed E-state index contributed by atoms with van der Waals surface area (Å²) in [7, 11) is 0. The van der Waals surface area contributed by atoms with E-state index < -0.39 is 34.8 Å². The number of aromatic hydroxyl groups is 1. The number of phenols is 1. The van der Waals surface area contributed by atoms with Crippen molar-refractivity contribution in [1.29, 1.82) is 0 Å². The Bertz CT molecular complexity index is 1590. The van der Waals surface area contributed by atoms with Gasteiger partial charge in [-0.3, -0.25) is 13.7 Å². The lowest BCUT2D eigenvalue weighted by atomic mass is 10.0. The van der Waals surface area contributed by atoms with E-state index in [0.29, 0.717) is 27.9 Å². The molecule has 1 heterocycles. The maximum absolute atomic E-state index is 12.9. The largest absolute Gasteiger partial charge is 0.507 e. The van der Waals surface area contributed by atoms with Crippen LogP contribution < -0.4 is 9.62 Å². The highest BCUT2D eigenvalue weighted by Gasteiger charge is 2.36. The van der Waals surface area contributed by atoms with E-state index in [1.165, 1.54) is 0 Å². The maximum Gasteiger partial charge on any atom is 0.330 e. The van der Waals surface area contributed by atoms with Crippen molar-refractivity contribution in [3.63, 3.8) is 0 Å². The smallest absolute Gasteiger partial charge is 0.330 e. The number of rotatable bonds is 8. The number of amides is 1. The number of carbonyl (C=O) groups excluding carboxylic acids is 2. The van der Waals surface area contributed by atoms with Gasteiger partial charge in [-0.05, 0) is 81.1 Å². The van der Waals surface area contributed by atoms with E-state index in [-0.39, 0.29) is 17.4 Å². The number of hydrogen-bond donors (Lipinski definition) is 3. The Morgan fingerprint density at radius 1 is 0.976 bits per heavy atom. The summed E-state index contributed by atoms with van der Waals surface area (Å²) in [6, 6.07) is 18.0. The second-order valence-electron chi connectivity index (χ2n) is 11.1. The number of benzene rings is 3. The second kappa shape index (κ2) is 11.8. The van der Waals surface area contributed by atoms with Crippen LogP contribution in [0, 0.1) is 12.8 Å². The molecule has 3 N–H and O–H groups in total. The van der Waals surface area contributed by atoms with Crippen LogP contribution in [0.5, 0.6) is 5.75 Å². The number of fused-ring (bicyclic) bond motifs is 1. The van der Waals surface area contributed by atoms with Gasteiger partial charge in [0.25, 0.3) is 17.2 Å². The van der Waals surface area contributed by atoms with Gasteiger partial charge in [0.15, 0.2) is 5.76 Å². The lowest BCUT2D eigenvalue weighted by Gasteiger charge is -2.33. The summed E-state index contributed by atoms with van der Waals surface area (Å²) < 4.78 is 34.8. The Morgan fingerprint density at radius 3 is 2.07 bits per heavy atom. The number of anilines is 2. The van der Waals surface area contributed by atoms with Gasteiger partial charge in [-0.25, -0.2) is 9.00 Å². The fourth-order valence-corrected chi connectivity index (χ4v) is 5.41. The zero-order valence-corrected chi connectivity index (χ0v) is 24.6. The predicted molar refractivity (Wildman–Crippen MR) is 160 cm³/mol. The lowest BCUT2D eigenvalue weighted by Crippen LogP contribution is -2.48. The molecule has 0 aliphatic rings. The zero-order valence-electron chi connectivity index (χ0n) is 23.8. The van der Waals surface area contributed by atoms with Crippen molar-refractivity contribution in [3.05, 3.63) is 78.1 Å². The Labute approximate surface area is 241 Å². The molecule has 0 bridgehead atoms. The lowest BCUT2D eigenvalue weighted by molar-refractivity contribution is -0.157. The van der Waals surface area contributed by atoms with Crippen LogP contribution in [0.3, 0.4) is 0 Å². The van der Waals surface area contributed by atoms with Crippen molar-refractivity contribution in [2.24, 2.45) is 5.92 Å². The molecule has 0 saturated heterocycles. The van der Waals surface area contributed by atoms with Crippen LogP contribution in [0.2, 0.25) is 0 Å². The fraction of sp³-hybridized carbons (Fsp3) is 0.290. The van der Waals surface area contributed by atoms with Gasteiger partial charge in [-0.1, -0.05) is 44.2 Å². The number of nitrogens with one attached hydrogen (secondary N) is 1. The molecule has 10 heteroatoms. The molecular formula is C31H34N2O7S. The molecule has 0 spiro atoms. The minimum absolute atomic E-state index is 0.0519. The molecule has 4 aromatic rings. The third-order valence-electron chi connectivity index (χ3n) is 6.44. The van der Waals surface area contributed by atoms with Crippen molar-refractivity contribution in [3.8, 4) is 16.9 Å². The van der Waals surface area contributed by atoms with Gasteiger partial charge < -0.3 is 19.6 Å². The Hall–Kier alpha value is -4.15. The van der Waals surface area contributed by atoms with E-state index in [1.807, 2.05) is 12.1 Å². The van der Waals surface area contributed by atoms with Crippen LogP contribution in [0.25, 0.3) is 22.1 Å². The molecule has 0 radical (unpaired) electrons. The predicted octanol–water partition coefficient (Wildman–Crippen LogP) is 6.68. The van der Waals surface area contributed by atoms with Crippen LogP contribution in [-0.2, 0) is 20.8 Å². The molecule has 2 atom stereocenters. The number of ether oxygens (including phenoxy) is 1. The van der Waals surface area contributed by atoms with E-state index in [2.05, 4.69) is 5.32 Å². The van der Waals surface area contributed by atoms with Gasteiger partial charge in [0.1, 0.15) is 23.0 Å². The third-order valence-corrected chi connectivity index (χ3v) is 7.21. The van der Waals surface area contributed by atoms with E-state index in [0.717, 1.165) is 15.4 Å². The molecule has 41 heavy (non-hydrogen) atoms. The van der Waals surface area contributed by atoms with Crippen LogP contribution in [-0.4, -0.2) is 37.4 Å². The van der Waals surface area contributed by atoms with Crippen molar-refractivity contribution >= 4 is 45.5 Å². The molecule has 9 nitrogen and oxygen atoms in total. The molecule has 216 valence electrons. The van der Waals surface area contributed by atoms with Crippen molar-refractivity contribution in [1.82, 2.24) is 0 Å². The average molecular weight is 579 g/mol. The topological polar surface area (TPSA) is 129 Å². The first-order valence-electron chi connectivity index (χ1n) is 13.1. The molecule has 2 unspecified atom stereocenters.